The van der Waals surface area contributed by atoms with Crippen LogP contribution >= 0.6 is 0 Å². The Balaban J connectivity index is 1.04. The van der Waals surface area contributed by atoms with E-state index in [-0.39, 0.29) is 0 Å². The lowest BCUT2D eigenvalue weighted by atomic mass is 10.1. The van der Waals surface area contributed by atoms with E-state index >= 15 is 0 Å². The van der Waals surface area contributed by atoms with Crippen molar-refractivity contribution in [3.8, 4) is 0 Å². The van der Waals surface area contributed by atoms with Crippen LogP contribution in [-0.4, -0.2) is 9.46 Å². The van der Waals surface area contributed by atoms with Crippen molar-refractivity contribution in [1.29, 1.82) is 0 Å². The Morgan fingerprint density at radius 2 is 0.825 bits per heavy atom. The molecule has 0 amide bonds. The fourth-order valence-electron chi connectivity index (χ4n) is 5.42. The van der Waals surface area contributed by atoms with Gasteiger partial charge in [0.25, 0.3) is 0 Å². The van der Waals surface area contributed by atoms with Crippen molar-refractivity contribution in [1.82, 2.24) is 9.46 Å². The zero-order valence-electron chi connectivity index (χ0n) is 22.9. The number of fused-ring (bicyclic) bond motifs is 2. The number of hydrogen-bond acceptors (Lipinski definition) is 2. The molecule has 2 heterocycles. The molecule has 40 heavy (non-hydrogen) atoms. The maximum absolute atomic E-state index is 6.31. The first-order valence-corrected chi connectivity index (χ1v) is 14.4. The fraction of sp³-hybridized carbons (Fsp3) is 0.222. The van der Waals surface area contributed by atoms with Crippen LogP contribution in [0.3, 0.4) is 0 Å². The summed E-state index contributed by atoms with van der Waals surface area (Å²) in [5.74, 6) is 0. The summed E-state index contributed by atoms with van der Waals surface area (Å²) in [7, 11) is 0. The summed E-state index contributed by atoms with van der Waals surface area (Å²) in [4.78, 5) is 12.6. The summed E-state index contributed by atoms with van der Waals surface area (Å²) in [5.41, 5.74) is 7.11. The Morgan fingerprint density at radius 3 is 1.27 bits per heavy atom. The first-order valence-electron chi connectivity index (χ1n) is 14.4. The van der Waals surface area contributed by atoms with Crippen LogP contribution in [0.4, 0.5) is 0 Å². The average molecular weight is 529 g/mol. The molecule has 4 nitrogen and oxygen atoms in total. The Kier molecular flexibility index (Phi) is 8.14. The van der Waals surface area contributed by atoms with Crippen molar-refractivity contribution >= 4 is 21.8 Å². The Bertz CT molecular complexity index is 1530. The van der Waals surface area contributed by atoms with E-state index < -0.39 is 0 Å². The van der Waals surface area contributed by atoms with Gasteiger partial charge in [-0.25, -0.2) is 0 Å². The molecule has 0 aliphatic carbocycles. The van der Waals surface area contributed by atoms with E-state index in [0.29, 0.717) is 13.2 Å². The molecule has 0 aliphatic rings. The minimum absolute atomic E-state index is 0.562. The summed E-state index contributed by atoms with van der Waals surface area (Å²) in [6, 6.07) is 42.3. The third-order valence-electron chi connectivity index (χ3n) is 7.50. The highest BCUT2D eigenvalue weighted by Crippen LogP contribution is 2.23. The molecule has 202 valence electrons. The maximum Gasteiger partial charge on any atom is 0.140 e. The molecule has 0 aliphatic heterocycles. The van der Waals surface area contributed by atoms with E-state index in [1.54, 1.807) is 0 Å². The van der Waals surface area contributed by atoms with Crippen LogP contribution in [0.5, 0.6) is 0 Å². The van der Waals surface area contributed by atoms with E-state index in [0.717, 1.165) is 36.7 Å². The lowest BCUT2D eigenvalue weighted by Crippen LogP contribution is -2.14. The van der Waals surface area contributed by atoms with E-state index in [2.05, 4.69) is 109 Å². The van der Waals surface area contributed by atoms with Gasteiger partial charge in [-0.05, 0) is 61.1 Å². The molecule has 0 fully saturated rings. The number of para-hydroxylation sites is 2. The molecular formula is C36H36N2O2. The topological polar surface area (TPSA) is 28.3 Å². The van der Waals surface area contributed by atoms with E-state index in [4.69, 9.17) is 9.68 Å². The zero-order valence-corrected chi connectivity index (χ0v) is 22.9. The van der Waals surface area contributed by atoms with Gasteiger partial charge in [-0.15, -0.1) is 0 Å². The fourth-order valence-corrected chi connectivity index (χ4v) is 5.42. The van der Waals surface area contributed by atoms with Crippen LogP contribution in [0, 0.1) is 0 Å². The van der Waals surface area contributed by atoms with Crippen LogP contribution in [0.15, 0.2) is 121 Å². The maximum atomic E-state index is 6.31. The molecule has 6 rings (SSSR count). The third kappa shape index (κ3) is 6.07. The van der Waals surface area contributed by atoms with E-state index in [1.165, 1.54) is 46.1 Å². The van der Waals surface area contributed by atoms with Gasteiger partial charge in [0, 0.05) is 10.8 Å². The average Bonchev–Trinajstić information content (AvgIpc) is 3.55. The molecule has 4 aromatic carbocycles. The number of benzene rings is 4. The zero-order chi connectivity index (χ0) is 27.0. The molecule has 0 radical (unpaired) electrons. The van der Waals surface area contributed by atoms with Gasteiger partial charge in [-0.2, -0.15) is 9.46 Å². The molecule has 0 unspecified atom stereocenters. The molecule has 6 aromatic rings. The standard InChI is InChI=1S/C36H36N2O2/c1(9-21-33-25-31-19-11-13-23-35(31)37(33)39-27-29-15-5-3-6-16-29)2-10-22-34-26-32-20-12-14-24-36(32)38(34)40-28-30-17-7-4-8-18-30/h3-8,11-20,23-26H,1-2,9-10,21-22,27-28H2. The van der Waals surface area contributed by atoms with Crippen molar-refractivity contribution in [2.24, 2.45) is 0 Å². The van der Waals surface area contributed by atoms with Gasteiger partial charge in [0.05, 0.1) is 22.4 Å². The highest BCUT2D eigenvalue weighted by Gasteiger charge is 2.12. The number of nitrogens with zero attached hydrogens (tertiary/aromatic N) is 2. The molecule has 0 spiro atoms. The second-order valence-corrected chi connectivity index (χ2v) is 10.4. The molecule has 0 N–H and O–H groups in total. The summed E-state index contributed by atoms with van der Waals surface area (Å²) < 4.78 is 4.09. The third-order valence-corrected chi connectivity index (χ3v) is 7.50. The Hall–Kier alpha value is -4.44. The van der Waals surface area contributed by atoms with Crippen LogP contribution < -0.4 is 9.68 Å². The molecular weight excluding hydrogens is 492 g/mol. The lowest BCUT2D eigenvalue weighted by Gasteiger charge is -2.13. The molecule has 0 saturated heterocycles. The first kappa shape index (κ1) is 25.8. The molecule has 4 heteroatoms. The number of aryl methyl sites for hydroxylation is 2. The largest absolute Gasteiger partial charge is 0.409 e. The smallest absolute Gasteiger partial charge is 0.140 e. The first-order chi connectivity index (χ1) is 19.8. The number of unbranched alkanes of at least 4 members (excludes halogenated alkanes) is 3. The van der Waals surface area contributed by atoms with Crippen molar-refractivity contribution < 1.29 is 9.68 Å². The van der Waals surface area contributed by atoms with Crippen molar-refractivity contribution in [3.63, 3.8) is 0 Å². The summed E-state index contributed by atoms with van der Waals surface area (Å²) >= 11 is 0. The van der Waals surface area contributed by atoms with Crippen LogP contribution in [0.2, 0.25) is 0 Å². The van der Waals surface area contributed by atoms with Gasteiger partial charge in [0.1, 0.15) is 13.2 Å². The predicted molar refractivity (Wildman–Crippen MR) is 163 cm³/mol. The van der Waals surface area contributed by atoms with Crippen LogP contribution in [-0.2, 0) is 26.1 Å². The highest BCUT2D eigenvalue weighted by atomic mass is 16.7. The van der Waals surface area contributed by atoms with Crippen LogP contribution in [0.25, 0.3) is 21.8 Å². The van der Waals surface area contributed by atoms with Crippen molar-refractivity contribution in [2.75, 3.05) is 0 Å². The second-order valence-electron chi connectivity index (χ2n) is 10.4. The number of hydrogen-bond donors (Lipinski definition) is 0. The lowest BCUT2D eigenvalue weighted by molar-refractivity contribution is 0.101. The Labute approximate surface area is 236 Å². The SMILES string of the molecule is c1ccc(COn2c(CCCCCCc3cc4ccccc4n3OCc3ccccc3)cc3ccccc32)cc1. The highest BCUT2D eigenvalue weighted by molar-refractivity contribution is 5.81. The molecule has 2 aromatic heterocycles. The summed E-state index contributed by atoms with van der Waals surface area (Å²) in [6.07, 6.45) is 6.65. The molecule has 0 atom stereocenters. The molecule has 0 saturated carbocycles. The van der Waals surface area contributed by atoms with Crippen LogP contribution in [0.1, 0.15) is 48.2 Å². The van der Waals surface area contributed by atoms with Gasteiger partial charge in [-0.3, -0.25) is 0 Å². The van der Waals surface area contributed by atoms with Gasteiger partial charge < -0.3 is 9.68 Å². The monoisotopic (exact) mass is 528 g/mol. The van der Waals surface area contributed by atoms with Gasteiger partial charge in [-0.1, -0.05) is 110 Å². The van der Waals surface area contributed by atoms with E-state index in [9.17, 15) is 0 Å². The van der Waals surface area contributed by atoms with E-state index in [1.807, 2.05) is 21.6 Å². The molecule has 0 bridgehead atoms. The van der Waals surface area contributed by atoms with Gasteiger partial charge in [0.2, 0.25) is 0 Å². The van der Waals surface area contributed by atoms with Crippen molar-refractivity contribution in [3.05, 3.63) is 144 Å². The second kappa shape index (κ2) is 12.6. The Morgan fingerprint density at radius 1 is 0.425 bits per heavy atom. The summed E-state index contributed by atoms with van der Waals surface area (Å²) in [5, 5.41) is 2.46. The number of rotatable bonds is 13. The minimum atomic E-state index is 0.562. The minimum Gasteiger partial charge on any atom is -0.409 e. The predicted octanol–water partition coefficient (Wildman–Crippen LogP) is 8.20. The van der Waals surface area contributed by atoms with Crippen molar-refractivity contribution in [2.45, 2.75) is 51.7 Å². The quantitative estimate of drug-likeness (QED) is 0.141. The van der Waals surface area contributed by atoms with Gasteiger partial charge >= 0.3 is 0 Å². The summed E-state index contributed by atoms with van der Waals surface area (Å²) in [6.45, 7) is 1.12. The van der Waals surface area contributed by atoms with Gasteiger partial charge in [0.15, 0.2) is 0 Å². The number of aromatic nitrogens is 2. The normalized spacial score (nSPS) is 11.3.